The first-order valence-electron chi connectivity index (χ1n) is 25.8. The summed E-state index contributed by atoms with van der Waals surface area (Å²) in [5.41, 5.74) is 28.0. The van der Waals surface area contributed by atoms with Crippen LogP contribution in [0.1, 0.15) is 208 Å². The molecule has 0 N–H and O–H groups in total. The third-order valence-electron chi connectivity index (χ3n) is 14.4. The minimum atomic E-state index is 0.373. The van der Waals surface area contributed by atoms with Crippen LogP contribution in [0.5, 0.6) is 0 Å². The molecule has 0 aliphatic heterocycles. The van der Waals surface area contributed by atoms with Gasteiger partial charge in [0, 0.05) is 0 Å². The number of hydrogen-bond donors (Lipinski definition) is 0. The fraction of sp³-hybridized carbons (Fsp3) is 0.358. The summed E-state index contributed by atoms with van der Waals surface area (Å²) in [5, 5.41) is 0. The third kappa shape index (κ3) is 10.1. The Morgan fingerprint density at radius 2 is 0.441 bits per heavy atom. The Bertz CT molecular complexity index is 2470. The van der Waals surface area contributed by atoms with E-state index in [0.717, 1.165) is 0 Å². The van der Waals surface area contributed by atoms with E-state index in [1.165, 1.54) is 117 Å². The molecule has 7 rings (SSSR count). The van der Waals surface area contributed by atoms with Crippen LogP contribution in [0.15, 0.2) is 127 Å². The molecule has 352 valence electrons. The maximum atomic E-state index is 3.43. The Hall–Kier alpha value is -5.07. The van der Waals surface area contributed by atoms with Gasteiger partial charge in [-0.1, -0.05) is 0 Å². The van der Waals surface area contributed by atoms with Gasteiger partial charge in [0.05, 0.1) is 0 Å². The van der Waals surface area contributed by atoms with Crippen molar-refractivity contribution in [2.45, 2.75) is 158 Å². The fourth-order valence-electron chi connectivity index (χ4n) is 10.9. The first-order chi connectivity index (χ1) is 32.3. The van der Waals surface area contributed by atoms with E-state index in [4.69, 9.17) is 0 Å². The van der Waals surface area contributed by atoms with Gasteiger partial charge in [-0.15, -0.1) is 0 Å². The van der Waals surface area contributed by atoms with Gasteiger partial charge >= 0.3 is 423 Å². The molecule has 7 aromatic carbocycles. The average molecular weight is 962 g/mol. The van der Waals surface area contributed by atoms with Crippen molar-refractivity contribution in [3.8, 4) is 66.8 Å². The standard InChI is InChI=1S/C67H78Se/c1-39(2)53-22-17-23-54(40(3)4)64(53)49-32-47(33-50(36-49)65-55(41(5)6)24-18-25-56(65)42(7)8)61-30-21-31-62(63(61)38-68)48-34-51(66-57(43(9)10)26-19-27-58(66)44(11)12)37-52(35-48)67-59(45(13)14)28-20-29-60(67)46(15)16/h17-46H,1-16H3. The zero-order valence-corrected chi connectivity index (χ0v) is 45.9. The summed E-state index contributed by atoms with van der Waals surface area (Å²) < 4.78 is 0. The van der Waals surface area contributed by atoms with Crippen LogP contribution in [0, 0.1) is 0 Å². The number of rotatable bonds is 15. The van der Waals surface area contributed by atoms with Gasteiger partial charge < -0.3 is 0 Å². The molecule has 0 aliphatic rings. The predicted molar refractivity (Wildman–Crippen MR) is 303 cm³/mol. The van der Waals surface area contributed by atoms with Crippen LogP contribution in [-0.4, -0.2) is 20.5 Å². The van der Waals surface area contributed by atoms with Crippen molar-refractivity contribution in [2.75, 3.05) is 0 Å². The van der Waals surface area contributed by atoms with Crippen molar-refractivity contribution in [2.24, 2.45) is 0 Å². The molecule has 0 amide bonds. The Morgan fingerprint density at radius 1 is 0.265 bits per heavy atom. The molecule has 0 saturated carbocycles. The Labute approximate surface area is 420 Å². The van der Waals surface area contributed by atoms with Gasteiger partial charge in [0.2, 0.25) is 0 Å². The molecule has 0 unspecified atom stereocenters. The van der Waals surface area contributed by atoms with E-state index in [1.54, 1.807) is 0 Å². The quantitative estimate of drug-likeness (QED) is 0.0899. The van der Waals surface area contributed by atoms with Gasteiger partial charge in [-0.3, -0.25) is 0 Å². The number of benzene rings is 7. The molecule has 0 fully saturated rings. The molecule has 0 aliphatic carbocycles. The van der Waals surface area contributed by atoms with E-state index in [-0.39, 0.29) is 0 Å². The monoisotopic (exact) mass is 963 g/mol. The van der Waals surface area contributed by atoms with E-state index >= 15 is 0 Å². The van der Waals surface area contributed by atoms with Crippen molar-refractivity contribution in [3.05, 3.63) is 177 Å². The van der Waals surface area contributed by atoms with Crippen LogP contribution in [0.25, 0.3) is 66.8 Å². The van der Waals surface area contributed by atoms with Crippen molar-refractivity contribution >= 4 is 20.5 Å². The van der Waals surface area contributed by atoms with Crippen molar-refractivity contribution in [1.82, 2.24) is 0 Å². The van der Waals surface area contributed by atoms with Crippen LogP contribution in [0.2, 0.25) is 0 Å². The van der Waals surface area contributed by atoms with E-state index in [1.807, 2.05) is 0 Å². The Morgan fingerprint density at radius 3 is 0.618 bits per heavy atom. The fourth-order valence-corrected chi connectivity index (χ4v) is 11.4. The van der Waals surface area contributed by atoms with E-state index in [2.05, 4.69) is 259 Å². The molecule has 0 atom stereocenters. The second kappa shape index (κ2) is 21.3. The Balaban J connectivity index is 1.61. The predicted octanol–water partition coefficient (Wildman–Crippen LogP) is 20.0. The second-order valence-electron chi connectivity index (χ2n) is 22.0. The van der Waals surface area contributed by atoms with E-state index in [0.29, 0.717) is 47.3 Å². The summed E-state index contributed by atoms with van der Waals surface area (Å²) in [5.74, 6) is 2.99. The van der Waals surface area contributed by atoms with Gasteiger partial charge in [-0.25, -0.2) is 0 Å². The zero-order valence-electron chi connectivity index (χ0n) is 44.2. The average Bonchev–Trinajstić information content (AvgIpc) is 3.32. The topological polar surface area (TPSA) is 0 Å². The van der Waals surface area contributed by atoms with Crippen LogP contribution in [0.4, 0.5) is 0 Å². The van der Waals surface area contributed by atoms with Gasteiger partial charge in [-0.05, 0) is 0 Å². The summed E-state index contributed by atoms with van der Waals surface area (Å²) in [4.78, 5) is 2.25. The van der Waals surface area contributed by atoms with Crippen LogP contribution >= 0.6 is 0 Å². The van der Waals surface area contributed by atoms with Crippen molar-refractivity contribution < 1.29 is 0 Å². The molecule has 7 aromatic rings. The van der Waals surface area contributed by atoms with Gasteiger partial charge in [0.15, 0.2) is 0 Å². The first kappa shape index (κ1) is 50.8. The SMILES string of the molecule is CC(C)c1cccc(C(C)C)c1-c1cc(-c2cccc(-c3cc(-c4c(C(C)C)cccc4C(C)C)cc(-c4c(C(C)C)cccc4C(C)C)c3)c2C=[Se])cc(-c2c(C(C)C)cccc2C(C)C)c1. The van der Waals surface area contributed by atoms with E-state index in [9.17, 15) is 0 Å². The van der Waals surface area contributed by atoms with Crippen LogP contribution in [-0.2, 0) is 0 Å². The Kier molecular flexibility index (Phi) is 15.9. The molecular weight excluding hydrogens is 884 g/mol. The summed E-state index contributed by atoms with van der Waals surface area (Å²) in [6.07, 6.45) is 0. The molecule has 0 saturated heterocycles. The summed E-state index contributed by atoms with van der Waals surface area (Å²) in [6.45, 7) is 37.5. The molecule has 68 heavy (non-hydrogen) atoms. The van der Waals surface area contributed by atoms with E-state index < -0.39 is 0 Å². The molecule has 0 aromatic heterocycles. The zero-order chi connectivity index (χ0) is 49.3. The summed E-state index contributed by atoms with van der Waals surface area (Å²) in [7, 11) is 0. The molecule has 1 heteroatoms. The first-order valence-corrected chi connectivity index (χ1v) is 26.7. The number of hydrogen-bond acceptors (Lipinski definition) is 0. The van der Waals surface area contributed by atoms with Gasteiger partial charge in [-0.2, -0.15) is 0 Å². The van der Waals surface area contributed by atoms with Crippen molar-refractivity contribution in [3.63, 3.8) is 0 Å². The normalized spacial score (nSPS) is 12.1. The summed E-state index contributed by atoms with van der Waals surface area (Å²) in [6, 6.07) is 49.9. The maximum absolute atomic E-state index is 3.43. The van der Waals surface area contributed by atoms with Gasteiger partial charge in [0.25, 0.3) is 0 Å². The molecular formula is C67H78Se. The third-order valence-corrected chi connectivity index (χ3v) is 14.9. The van der Waals surface area contributed by atoms with Crippen LogP contribution in [0.3, 0.4) is 0 Å². The van der Waals surface area contributed by atoms with Crippen molar-refractivity contribution in [1.29, 1.82) is 0 Å². The summed E-state index contributed by atoms with van der Waals surface area (Å²) >= 11 is 3.43. The molecule has 0 heterocycles. The second-order valence-corrected chi connectivity index (χ2v) is 22.5. The van der Waals surface area contributed by atoms with Gasteiger partial charge in [0.1, 0.15) is 0 Å². The molecule has 0 spiro atoms. The van der Waals surface area contributed by atoms with Crippen LogP contribution < -0.4 is 0 Å². The molecule has 0 radical (unpaired) electrons. The molecule has 0 nitrogen and oxygen atoms in total. The minimum absolute atomic E-state index is 0.373. The molecule has 0 bridgehead atoms.